The first kappa shape index (κ1) is 16.7. The second-order valence-corrected chi connectivity index (χ2v) is 6.57. The molecule has 2 unspecified atom stereocenters. The number of nitrogens with two attached hydrogens (primary N) is 1. The number of amides is 1. The number of hydrogen-bond acceptors (Lipinski definition) is 4. The van der Waals surface area contributed by atoms with Crippen molar-refractivity contribution in [2.45, 2.75) is 51.1 Å². The van der Waals surface area contributed by atoms with E-state index in [0.717, 1.165) is 52.0 Å². The minimum Gasteiger partial charge on any atom is -0.343 e. The first-order valence-corrected chi connectivity index (χ1v) is 8.57. The predicted octanol–water partition coefficient (Wildman–Crippen LogP) is 0.742. The summed E-state index contributed by atoms with van der Waals surface area (Å²) < 4.78 is 0. The zero-order valence-electron chi connectivity index (χ0n) is 13.8. The van der Waals surface area contributed by atoms with Crippen molar-refractivity contribution in [3.8, 4) is 0 Å². The van der Waals surface area contributed by atoms with E-state index >= 15 is 0 Å². The number of carbonyl (C=O) groups is 1. The van der Waals surface area contributed by atoms with Gasteiger partial charge in [-0.15, -0.1) is 0 Å². The van der Waals surface area contributed by atoms with Crippen LogP contribution in [0.1, 0.15) is 39.0 Å². The SMILES string of the molecule is CCC1CN(C(CN)CC(=O)N2CCCCC2)CCN1C. The maximum Gasteiger partial charge on any atom is 0.224 e. The van der Waals surface area contributed by atoms with E-state index in [0.29, 0.717) is 24.9 Å². The lowest BCUT2D eigenvalue weighted by Gasteiger charge is -2.43. The number of likely N-dealkylation sites (tertiary alicyclic amines) is 1. The van der Waals surface area contributed by atoms with Gasteiger partial charge in [-0.25, -0.2) is 0 Å². The lowest BCUT2D eigenvalue weighted by atomic mass is 10.0. The molecule has 2 fully saturated rings. The maximum atomic E-state index is 12.5. The Bertz CT molecular complexity index is 330. The highest BCUT2D eigenvalue weighted by Gasteiger charge is 2.29. The minimum atomic E-state index is 0.210. The monoisotopic (exact) mass is 296 g/mol. The van der Waals surface area contributed by atoms with E-state index in [1.54, 1.807) is 0 Å². The lowest BCUT2D eigenvalue weighted by Crippen LogP contribution is -2.56. The predicted molar refractivity (Wildman–Crippen MR) is 86.2 cm³/mol. The number of hydrogen-bond donors (Lipinski definition) is 1. The van der Waals surface area contributed by atoms with E-state index in [9.17, 15) is 4.79 Å². The van der Waals surface area contributed by atoms with Gasteiger partial charge in [0.2, 0.25) is 5.91 Å². The average molecular weight is 296 g/mol. The topological polar surface area (TPSA) is 52.8 Å². The van der Waals surface area contributed by atoms with Crippen LogP contribution < -0.4 is 5.73 Å². The Morgan fingerprint density at radius 1 is 1.19 bits per heavy atom. The van der Waals surface area contributed by atoms with Crippen molar-refractivity contribution < 1.29 is 4.79 Å². The van der Waals surface area contributed by atoms with Crippen LogP contribution in [0.15, 0.2) is 0 Å². The molecular weight excluding hydrogens is 264 g/mol. The van der Waals surface area contributed by atoms with Gasteiger partial charge in [0.25, 0.3) is 0 Å². The smallest absolute Gasteiger partial charge is 0.224 e. The second kappa shape index (κ2) is 8.11. The van der Waals surface area contributed by atoms with Crippen LogP contribution in [0.4, 0.5) is 0 Å². The molecule has 0 radical (unpaired) electrons. The van der Waals surface area contributed by atoms with E-state index in [1.807, 2.05) is 4.90 Å². The standard InChI is InChI=1S/C16H32N4O/c1-3-14-13-20(10-9-18(14)2)15(12-17)11-16(21)19-7-5-4-6-8-19/h14-15H,3-13,17H2,1-2H3. The molecule has 0 saturated carbocycles. The van der Waals surface area contributed by atoms with Crippen LogP contribution in [0.3, 0.4) is 0 Å². The van der Waals surface area contributed by atoms with Gasteiger partial charge >= 0.3 is 0 Å². The number of piperazine rings is 1. The molecule has 2 aliphatic heterocycles. The molecule has 0 aromatic carbocycles. The van der Waals surface area contributed by atoms with E-state index in [1.165, 1.54) is 6.42 Å². The van der Waals surface area contributed by atoms with E-state index in [-0.39, 0.29) is 6.04 Å². The van der Waals surface area contributed by atoms with E-state index in [2.05, 4.69) is 23.8 Å². The van der Waals surface area contributed by atoms with Crippen LogP contribution in [0.25, 0.3) is 0 Å². The average Bonchev–Trinajstić information content (AvgIpc) is 2.54. The fraction of sp³-hybridized carbons (Fsp3) is 0.938. The van der Waals surface area contributed by atoms with Crippen LogP contribution in [0.5, 0.6) is 0 Å². The van der Waals surface area contributed by atoms with Crippen molar-refractivity contribution in [3.05, 3.63) is 0 Å². The molecule has 2 N–H and O–H groups in total. The molecule has 1 amide bonds. The van der Waals surface area contributed by atoms with Crippen LogP contribution in [0, 0.1) is 0 Å². The normalized spacial score (nSPS) is 26.8. The van der Waals surface area contributed by atoms with Crippen molar-refractivity contribution >= 4 is 5.91 Å². The molecule has 2 atom stereocenters. The van der Waals surface area contributed by atoms with Crippen molar-refractivity contribution in [1.29, 1.82) is 0 Å². The van der Waals surface area contributed by atoms with Gasteiger partial charge in [0.1, 0.15) is 0 Å². The Morgan fingerprint density at radius 2 is 1.90 bits per heavy atom. The van der Waals surface area contributed by atoms with Crippen LogP contribution >= 0.6 is 0 Å². The van der Waals surface area contributed by atoms with Gasteiger partial charge < -0.3 is 15.5 Å². The largest absolute Gasteiger partial charge is 0.343 e. The highest BCUT2D eigenvalue weighted by atomic mass is 16.2. The van der Waals surface area contributed by atoms with Gasteiger partial charge in [-0.2, -0.15) is 0 Å². The zero-order chi connectivity index (χ0) is 15.2. The summed E-state index contributed by atoms with van der Waals surface area (Å²) in [5.74, 6) is 0.303. The second-order valence-electron chi connectivity index (χ2n) is 6.57. The molecule has 0 aliphatic carbocycles. The Hall–Kier alpha value is -0.650. The molecule has 122 valence electrons. The van der Waals surface area contributed by atoms with Crippen molar-refractivity contribution in [2.75, 3.05) is 46.3 Å². The molecule has 2 aliphatic rings. The fourth-order valence-electron chi connectivity index (χ4n) is 3.58. The van der Waals surface area contributed by atoms with Crippen molar-refractivity contribution in [2.24, 2.45) is 5.73 Å². The number of nitrogens with zero attached hydrogens (tertiary/aromatic N) is 3. The van der Waals surface area contributed by atoms with Crippen LogP contribution in [0.2, 0.25) is 0 Å². The van der Waals surface area contributed by atoms with Gasteiger partial charge in [-0.3, -0.25) is 9.69 Å². The molecular formula is C16H32N4O. The third kappa shape index (κ3) is 4.41. The lowest BCUT2D eigenvalue weighted by molar-refractivity contribution is -0.133. The molecule has 2 heterocycles. The first-order chi connectivity index (χ1) is 10.2. The molecule has 0 aromatic rings. The summed E-state index contributed by atoms with van der Waals surface area (Å²) in [5, 5.41) is 0. The van der Waals surface area contributed by atoms with Crippen molar-refractivity contribution in [3.63, 3.8) is 0 Å². The van der Waals surface area contributed by atoms with Gasteiger partial charge in [-0.1, -0.05) is 6.92 Å². The summed E-state index contributed by atoms with van der Waals surface area (Å²) in [6.45, 7) is 7.85. The van der Waals surface area contributed by atoms with Gasteiger partial charge in [0.05, 0.1) is 0 Å². The Kier molecular flexibility index (Phi) is 6.45. The molecule has 5 nitrogen and oxygen atoms in total. The van der Waals surface area contributed by atoms with Gasteiger partial charge in [-0.05, 0) is 32.7 Å². The molecule has 0 spiro atoms. The minimum absolute atomic E-state index is 0.210. The number of piperidine rings is 1. The number of carbonyl (C=O) groups excluding carboxylic acids is 1. The molecule has 5 heteroatoms. The van der Waals surface area contributed by atoms with Crippen LogP contribution in [-0.4, -0.2) is 79.0 Å². The molecule has 2 rings (SSSR count). The summed E-state index contributed by atoms with van der Waals surface area (Å²) in [6, 6.07) is 0.806. The van der Waals surface area contributed by atoms with E-state index in [4.69, 9.17) is 5.73 Å². The molecule has 2 saturated heterocycles. The number of likely N-dealkylation sites (N-methyl/N-ethyl adjacent to an activating group) is 1. The quantitative estimate of drug-likeness (QED) is 0.813. The van der Waals surface area contributed by atoms with Gasteiger partial charge in [0.15, 0.2) is 0 Å². The fourth-order valence-corrected chi connectivity index (χ4v) is 3.58. The third-order valence-corrected chi connectivity index (χ3v) is 5.19. The third-order valence-electron chi connectivity index (χ3n) is 5.19. The molecule has 21 heavy (non-hydrogen) atoms. The molecule has 0 bridgehead atoms. The highest BCUT2D eigenvalue weighted by molar-refractivity contribution is 5.77. The summed E-state index contributed by atoms with van der Waals surface area (Å²) in [7, 11) is 2.20. The summed E-state index contributed by atoms with van der Waals surface area (Å²) in [6.07, 6.45) is 5.33. The first-order valence-electron chi connectivity index (χ1n) is 8.57. The van der Waals surface area contributed by atoms with Gasteiger partial charge in [0, 0.05) is 57.8 Å². The Morgan fingerprint density at radius 3 is 2.52 bits per heavy atom. The summed E-state index contributed by atoms with van der Waals surface area (Å²) in [4.78, 5) is 19.4. The van der Waals surface area contributed by atoms with E-state index < -0.39 is 0 Å². The van der Waals surface area contributed by atoms with Crippen molar-refractivity contribution in [1.82, 2.24) is 14.7 Å². The van der Waals surface area contributed by atoms with Crippen LogP contribution in [-0.2, 0) is 4.79 Å². The Labute approximate surface area is 129 Å². The maximum absolute atomic E-state index is 12.5. The molecule has 0 aromatic heterocycles. The zero-order valence-corrected chi connectivity index (χ0v) is 13.8. The Balaban J connectivity index is 1.88. The summed E-state index contributed by atoms with van der Waals surface area (Å²) in [5.41, 5.74) is 5.98. The summed E-state index contributed by atoms with van der Waals surface area (Å²) >= 11 is 0. The highest BCUT2D eigenvalue weighted by Crippen LogP contribution is 2.17. The number of rotatable bonds is 5.